The van der Waals surface area contributed by atoms with Crippen LogP contribution in [0.1, 0.15) is 12.8 Å². The van der Waals surface area contributed by atoms with E-state index in [1.807, 2.05) is 0 Å². The van der Waals surface area contributed by atoms with Crippen molar-refractivity contribution in [2.75, 3.05) is 5.75 Å². The predicted octanol–water partition coefficient (Wildman–Crippen LogP) is 1.38. The van der Waals surface area contributed by atoms with Crippen molar-refractivity contribution in [2.45, 2.75) is 12.8 Å². The molecule has 0 aromatic carbocycles. The molecular weight excluding hydrogens is 96.1 g/mol. The smallest absolute Gasteiger partial charge is 0.148 e. The van der Waals surface area contributed by atoms with Crippen LogP contribution in [0.25, 0.3) is 0 Å². The largest absolute Gasteiger partial charge is 0.376 e. The van der Waals surface area contributed by atoms with E-state index < -0.39 is 0 Å². The van der Waals surface area contributed by atoms with Gasteiger partial charge in [0.2, 0.25) is 0 Å². The number of aliphatic hydroxyl groups is 1. The van der Waals surface area contributed by atoms with Gasteiger partial charge in [-0.1, -0.05) is 0 Å². The second-order valence-corrected chi connectivity index (χ2v) is 2.51. The summed E-state index contributed by atoms with van der Waals surface area (Å²) < 4.78 is 0. The van der Waals surface area contributed by atoms with Gasteiger partial charge in [0, 0.05) is 0 Å². The zero-order valence-corrected chi connectivity index (χ0v) is 4.29. The Balaban J connectivity index is 2.18. The molecule has 1 fully saturated rings. The van der Waals surface area contributed by atoms with E-state index in [9.17, 15) is 0 Å². The fraction of sp³-hybridized carbons (Fsp3) is 0.750. The minimum absolute atomic E-state index is 0.620. The Kier molecular flexibility index (Phi) is 1.37. The highest BCUT2D eigenvalue weighted by atomic mass is 32.2. The minimum Gasteiger partial charge on any atom is -0.376 e. The predicted molar refractivity (Wildman–Crippen MR) is 26.9 cm³/mol. The molecule has 1 rings (SSSR count). The maximum Gasteiger partial charge on any atom is 0.148 e. The van der Waals surface area contributed by atoms with Crippen molar-refractivity contribution in [3.05, 3.63) is 5.44 Å². The molecule has 0 spiro atoms. The van der Waals surface area contributed by atoms with Crippen molar-refractivity contribution < 1.29 is 5.11 Å². The molecular formula is C4H7OS. The van der Waals surface area contributed by atoms with Crippen molar-refractivity contribution >= 4 is 11.8 Å². The highest BCUT2D eigenvalue weighted by molar-refractivity contribution is 8.02. The first-order chi connectivity index (χ1) is 2.89. The van der Waals surface area contributed by atoms with Crippen LogP contribution < -0.4 is 0 Å². The molecule has 6 heavy (non-hydrogen) atoms. The van der Waals surface area contributed by atoms with Crippen molar-refractivity contribution in [1.82, 2.24) is 0 Å². The summed E-state index contributed by atoms with van der Waals surface area (Å²) in [6.07, 6.45) is 2.08. The highest BCUT2D eigenvalue weighted by Gasteiger charge is 2.11. The van der Waals surface area contributed by atoms with Crippen LogP contribution in [0.15, 0.2) is 0 Å². The number of aliphatic hydroxyl groups excluding tert-OH is 1. The van der Waals surface area contributed by atoms with E-state index in [4.69, 9.17) is 5.11 Å². The minimum atomic E-state index is 0.620. The van der Waals surface area contributed by atoms with Crippen molar-refractivity contribution in [3.8, 4) is 0 Å². The maximum atomic E-state index is 8.61. The number of thioether (sulfide) groups is 1. The Labute approximate surface area is 41.7 Å². The Bertz CT molecular complexity index is 40.8. The van der Waals surface area contributed by atoms with Gasteiger partial charge in [0.25, 0.3) is 0 Å². The second-order valence-electron chi connectivity index (χ2n) is 1.35. The lowest BCUT2D eigenvalue weighted by molar-refractivity contribution is 0.357. The lowest BCUT2D eigenvalue weighted by Crippen LogP contribution is -1.75. The first-order valence-electron chi connectivity index (χ1n) is 2.07. The van der Waals surface area contributed by atoms with Gasteiger partial charge in [0.1, 0.15) is 5.44 Å². The Morgan fingerprint density at radius 3 is 2.67 bits per heavy atom. The molecule has 2 heteroatoms. The van der Waals surface area contributed by atoms with Crippen LogP contribution in [0.4, 0.5) is 0 Å². The van der Waals surface area contributed by atoms with Crippen LogP contribution in [-0.2, 0) is 0 Å². The molecule has 0 amide bonds. The fourth-order valence-electron chi connectivity index (χ4n) is 0.486. The molecule has 1 radical (unpaired) electrons. The van der Waals surface area contributed by atoms with Crippen molar-refractivity contribution in [2.24, 2.45) is 0 Å². The lowest BCUT2D eigenvalue weighted by Gasteiger charge is -1.88. The van der Waals surface area contributed by atoms with Crippen LogP contribution in [0.3, 0.4) is 0 Å². The molecule has 0 aliphatic carbocycles. The van der Waals surface area contributed by atoms with Gasteiger partial charge in [0.15, 0.2) is 0 Å². The van der Waals surface area contributed by atoms with Crippen molar-refractivity contribution in [1.29, 1.82) is 0 Å². The molecule has 1 aliphatic heterocycles. The van der Waals surface area contributed by atoms with E-state index in [1.54, 1.807) is 11.8 Å². The van der Waals surface area contributed by atoms with Crippen LogP contribution in [0, 0.1) is 5.44 Å². The molecule has 0 saturated carbocycles. The fourth-order valence-corrected chi connectivity index (χ4v) is 1.30. The van der Waals surface area contributed by atoms with Gasteiger partial charge >= 0.3 is 0 Å². The quantitative estimate of drug-likeness (QED) is 0.499. The summed E-state index contributed by atoms with van der Waals surface area (Å²) in [6.45, 7) is 0. The van der Waals surface area contributed by atoms with Crippen LogP contribution >= 0.6 is 11.8 Å². The third kappa shape index (κ3) is 0.884. The molecule has 35 valence electrons. The normalized spacial score (nSPS) is 25.5. The monoisotopic (exact) mass is 103 g/mol. The van der Waals surface area contributed by atoms with Gasteiger partial charge < -0.3 is 5.11 Å². The third-order valence-electron chi connectivity index (χ3n) is 0.804. The summed E-state index contributed by atoms with van der Waals surface area (Å²) >= 11 is 1.57. The van der Waals surface area contributed by atoms with Crippen molar-refractivity contribution in [3.63, 3.8) is 0 Å². The average molecular weight is 103 g/mol. The van der Waals surface area contributed by atoms with E-state index in [2.05, 4.69) is 0 Å². The SMILES string of the molecule is O[C]1CCCS1. The van der Waals surface area contributed by atoms with Crippen LogP contribution in [-0.4, -0.2) is 10.9 Å². The second kappa shape index (κ2) is 1.85. The van der Waals surface area contributed by atoms with Gasteiger partial charge in [-0.3, -0.25) is 0 Å². The first kappa shape index (κ1) is 4.47. The number of hydrogen-bond acceptors (Lipinski definition) is 2. The summed E-state index contributed by atoms with van der Waals surface area (Å²) in [5.74, 6) is 1.12. The molecule has 0 aromatic heterocycles. The molecule has 1 nitrogen and oxygen atoms in total. The Morgan fingerprint density at radius 1 is 1.67 bits per heavy atom. The first-order valence-corrected chi connectivity index (χ1v) is 3.06. The molecule has 1 saturated heterocycles. The average Bonchev–Trinajstić information content (AvgIpc) is 1.86. The van der Waals surface area contributed by atoms with Gasteiger partial charge in [-0.05, 0) is 18.6 Å². The van der Waals surface area contributed by atoms with E-state index in [1.165, 1.54) is 0 Å². The Hall–Kier alpha value is 0.310. The maximum absolute atomic E-state index is 8.61. The molecule has 1 aliphatic rings. The molecule has 0 bridgehead atoms. The van der Waals surface area contributed by atoms with Gasteiger partial charge in [0.05, 0.1) is 0 Å². The van der Waals surface area contributed by atoms with Crippen LogP contribution in [0.5, 0.6) is 0 Å². The zero-order chi connectivity index (χ0) is 4.41. The standard InChI is InChI=1S/C4H7OS/c5-4-2-1-3-6-4/h5H,1-3H2. The zero-order valence-electron chi connectivity index (χ0n) is 3.48. The lowest BCUT2D eigenvalue weighted by atomic mass is 10.4. The molecule has 1 N–H and O–H groups in total. The summed E-state index contributed by atoms with van der Waals surface area (Å²) in [4.78, 5) is 0. The number of hydrogen-bond donors (Lipinski definition) is 1. The summed E-state index contributed by atoms with van der Waals surface area (Å²) in [7, 11) is 0. The molecule has 1 heterocycles. The van der Waals surface area contributed by atoms with Gasteiger partial charge in [-0.2, -0.15) is 0 Å². The van der Waals surface area contributed by atoms with E-state index >= 15 is 0 Å². The molecule has 0 atom stereocenters. The Morgan fingerprint density at radius 2 is 2.50 bits per heavy atom. The third-order valence-corrected chi connectivity index (χ3v) is 1.83. The van der Waals surface area contributed by atoms with E-state index in [-0.39, 0.29) is 0 Å². The summed E-state index contributed by atoms with van der Waals surface area (Å²) in [6, 6.07) is 0. The number of rotatable bonds is 0. The topological polar surface area (TPSA) is 20.2 Å². The van der Waals surface area contributed by atoms with E-state index in [0.717, 1.165) is 18.6 Å². The van der Waals surface area contributed by atoms with Gasteiger partial charge in [-0.15, -0.1) is 11.8 Å². The van der Waals surface area contributed by atoms with E-state index in [0.29, 0.717) is 5.44 Å². The summed E-state index contributed by atoms with van der Waals surface area (Å²) in [5.41, 5.74) is 0.620. The van der Waals surface area contributed by atoms with Gasteiger partial charge in [-0.25, -0.2) is 0 Å². The van der Waals surface area contributed by atoms with Crippen LogP contribution in [0.2, 0.25) is 0 Å². The summed E-state index contributed by atoms with van der Waals surface area (Å²) in [5, 5.41) is 8.61. The molecule has 0 unspecified atom stereocenters. The molecule has 0 aromatic rings. The highest BCUT2D eigenvalue weighted by Crippen LogP contribution is 2.29.